The number of aromatic nitrogens is 3. The average molecular weight is 344 g/mol. The SMILES string of the molecule is Cc1nn(C)cc1S(=O)(=O)N[C@H](C)c1ccc(-n2cccc2)cc1. The van der Waals surface area contributed by atoms with E-state index < -0.39 is 10.0 Å². The third-order valence-corrected chi connectivity index (χ3v) is 5.53. The molecule has 3 rings (SSSR count). The van der Waals surface area contributed by atoms with E-state index in [1.165, 1.54) is 10.9 Å². The summed E-state index contributed by atoms with van der Waals surface area (Å²) in [4.78, 5) is 0.209. The van der Waals surface area contributed by atoms with E-state index in [2.05, 4.69) is 9.82 Å². The average Bonchev–Trinajstić information content (AvgIpc) is 3.17. The van der Waals surface area contributed by atoms with E-state index in [-0.39, 0.29) is 10.9 Å². The summed E-state index contributed by atoms with van der Waals surface area (Å²) in [5.41, 5.74) is 2.41. The minimum atomic E-state index is -3.61. The molecule has 0 saturated heterocycles. The number of aryl methyl sites for hydroxylation is 2. The molecule has 0 unspecified atom stereocenters. The van der Waals surface area contributed by atoms with Crippen LogP contribution in [-0.4, -0.2) is 22.8 Å². The van der Waals surface area contributed by atoms with Crippen molar-refractivity contribution in [2.24, 2.45) is 7.05 Å². The van der Waals surface area contributed by atoms with E-state index in [0.717, 1.165) is 11.3 Å². The summed E-state index contributed by atoms with van der Waals surface area (Å²) in [7, 11) is -1.91. The van der Waals surface area contributed by atoms with Gasteiger partial charge in [0, 0.05) is 37.4 Å². The van der Waals surface area contributed by atoms with Gasteiger partial charge in [-0.25, -0.2) is 13.1 Å². The Morgan fingerprint density at radius 1 is 1.12 bits per heavy atom. The Bertz CT molecular complexity index is 926. The number of rotatable bonds is 5. The first kappa shape index (κ1) is 16.5. The molecule has 0 spiro atoms. The summed E-state index contributed by atoms with van der Waals surface area (Å²) in [5.74, 6) is 0. The van der Waals surface area contributed by atoms with Gasteiger partial charge in [0.05, 0.1) is 5.69 Å². The topological polar surface area (TPSA) is 68.9 Å². The molecule has 3 aromatic rings. The maximum atomic E-state index is 12.5. The molecule has 0 aliphatic rings. The van der Waals surface area contributed by atoms with E-state index >= 15 is 0 Å². The lowest BCUT2D eigenvalue weighted by Crippen LogP contribution is -2.27. The van der Waals surface area contributed by atoms with Crippen LogP contribution in [-0.2, 0) is 17.1 Å². The molecule has 126 valence electrons. The summed E-state index contributed by atoms with van der Waals surface area (Å²) in [6, 6.07) is 11.4. The lowest BCUT2D eigenvalue weighted by molar-refractivity contribution is 0.566. The fourth-order valence-corrected chi connectivity index (χ4v) is 4.10. The molecule has 1 N–H and O–H groups in total. The molecule has 6 nitrogen and oxygen atoms in total. The smallest absolute Gasteiger partial charge is 0.244 e. The normalized spacial score (nSPS) is 13.1. The van der Waals surface area contributed by atoms with Gasteiger partial charge in [-0.05, 0) is 43.7 Å². The minimum absolute atomic E-state index is 0.209. The van der Waals surface area contributed by atoms with Crippen molar-refractivity contribution < 1.29 is 8.42 Å². The van der Waals surface area contributed by atoms with Crippen molar-refractivity contribution in [2.75, 3.05) is 0 Å². The van der Waals surface area contributed by atoms with Crippen molar-refractivity contribution in [3.63, 3.8) is 0 Å². The lowest BCUT2D eigenvalue weighted by atomic mass is 10.1. The molecule has 0 radical (unpaired) electrons. The molecule has 1 atom stereocenters. The summed E-state index contributed by atoms with van der Waals surface area (Å²) >= 11 is 0. The van der Waals surface area contributed by atoms with Gasteiger partial charge in [0.15, 0.2) is 0 Å². The molecule has 7 heteroatoms. The van der Waals surface area contributed by atoms with Crippen LogP contribution in [0.1, 0.15) is 24.2 Å². The fraction of sp³-hybridized carbons (Fsp3) is 0.235. The van der Waals surface area contributed by atoms with E-state index in [1.807, 2.05) is 60.3 Å². The molecular formula is C17H20N4O2S. The highest BCUT2D eigenvalue weighted by Gasteiger charge is 2.22. The summed E-state index contributed by atoms with van der Waals surface area (Å²) in [6.45, 7) is 3.51. The number of nitrogens with zero attached hydrogens (tertiary/aromatic N) is 3. The van der Waals surface area contributed by atoms with E-state index in [9.17, 15) is 8.42 Å². The predicted molar refractivity (Wildman–Crippen MR) is 92.5 cm³/mol. The Morgan fingerprint density at radius 3 is 2.29 bits per heavy atom. The molecule has 0 fully saturated rings. The van der Waals surface area contributed by atoms with Gasteiger partial charge < -0.3 is 4.57 Å². The number of nitrogens with one attached hydrogen (secondary N) is 1. The van der Waals surface area contributed by atoms with Crippen LogP contribution < -0.4 is 4.72 Å². The molecule has 0 aliphatic carbocycles. The Morgan fingerprint density at radius 2 is 1.75 bits per heavy atom. The molecule has 0 aliphatic heterocycles. The molecule has 0 bridgehead atoms. The quantitative estimate of drug-likeness (QED) is 0.773. The maximum Gasteiger partial charge on any atom is 0.244 e. The van der Waals surface area contributed by atoms with Crippen molar-refractivity contribution >= 4 is 10.0 Å². The van der Waals surface area contributed by atoms with Crippen LogP contribution in [0.3, 0.4) is 0 Å². The third kappa shape index (κ3) is 3.27. The molecule has 0 amide bonds. The maximum absolute atomic E-state index is 12.5. The first-order valence-electron chi connectivity index (χ1n) is 7.63. The van der Waals surface area contributed by atoms with Gasteiger partial charge in [0.2, 0.25) is 10.0 Å². The molecule has 2 aromatic heterocycles. The van der Waals surface area contributed by atoms with E-state index in [4.69, 9.17) is 0 Å². The second-order valence-electron chi connectivity index (χ2n) is 5.78. The Labute approximate surface area is 141 Å². The monoisotopic (exact) mass is 344 g/mol. The zero-order valence-corrected chi connectivity index (χ0v) is 14.7. The predicted octanol–water partition coefficient (Wildman–Crippen LogP) is 2.56. The number of benzene rings is 1. The van der Waals surface area contributed by atoms with Crippen molar-refractivity contribution in [1.82, 2.24) is 19.1 Å². The second-order valence-corrected chi connectivity index (χ2v) is 7.46. The number of hydrogen-bond donors (Lipinski definition) is 1. The molecule has 24 heavy (non-hydrogen) atoms. The van der Waals surface area contributed by atoms with Crippen LogP contribution in [0.25, 0.3) is 5.69 Å². The van der Waals surface area contributed by atoms with Crippen LogP contribution in [0.4, 0.5) is 0 Å². The van der Waals surface area contributed by atoms with Crippen molar-refractivity contribution in [1.29, 1.82) is 0 Å². The van der Waals surface area contributed by atoms with Crippen molar-refractivity contribution in [2.45, 2.75) is 24.8 Å². The number of hydrogen-bond acceptors (Lipinski definition) is 3. The first-order valence-corrected chi connectivity index (χ1v) is 9.11. The Balaban J connectivity index is 1.79. The Hall–Kier alpha value is -2.38. The third-order valence-electron chi connectivity index (χ3n) is 3.89. The van der Waals surface area contributed by atoms with Gasteiger partial charge in [-0.15, -0.1) is 0 Å². The van der Waals surface area contributed by atoms with Gasteiger partial charge in [-0.2, -0.15) is 5.10 Å². The van der Waals surface area contributed by atoms with Crippen LogP contribution in [0.5, 0.6) is 0 Å². The van der Waals surface area contributed by atoms with Crippen LogP contribution in [0, 0.1) is 6.92 Å². The zero-order chi connectivity index (χ0) is 17.3. The highest BCUT2D eigenvalue weighted by atomic mass is 32.2. The van der Waals surface area contributed by atoms with Crippen molar-refractivity contribution in [3.8, 4) is 5.69 Å². The highest BCUT2D eigenvalue weighted by molar-refractivity contribution is 7.89. The van der Waals surface area contributed by atoms with Crippen LogP contribution >= 0.6 is 0 Å². The lowest BCUT2D eigenvalue weighted by Gasteiger charge is -2.15. The van der Waals surface area contributed by atoms with Crippen LogP contribution in [0.2, 0.25) is 0 Å². The minimum Gasteiger partial charge on any atom is -0.324 e. The summed E-state index contributed by atoms with van der Waals surface area (Å²) in [6.07, 6.45) is 5.44. The molecule has 0 saturated carbocycles. The largest absolute Gasteiger partial charge is 0.324 e. The summed E-state index contributed by atoms with van der Waals surface area (Å²) in [5, 5.41) is 4.09. The Kier molecular flexibility index (Phi) is 4.29. The molecule has 2 heterocycles. The van der Waals surface area contributed by atoms with E-state index in [1.54, 1.807) is 14.0 Å². The zero-order valence-electron chi connectivity index (χ0n) is 13.8. The van der Waals surface area contributed by atoms with Gasteiger partial charge in [-0.1, -0.05) is 12.1 Å². The van der Waals surface area contributed by atoms with Gasteiger partial charge in [0.1, 0.15) is 4.90 Å². The van der Waals surface area contributed by atoms with Gasteiger partial charge >= 0.3 is 0 Å². The summed E-state index contributed by atoms with van der Waals surface area (Å²) < 4.78 is 31.3. The second kappa shape index (κ2) is 6.26. The molecular weight excluding hydrogens is 324 g/mol. The van der Waals surface area contributed by atoms with Crippen molar-refractivity contribution in [3.05, 3.63) is 66.2 Å². The van der Waals surface area contributed by atoms with Crippen LogP contribution in [0.15, 0.2) is 59.9 Å². The standard InChI is InChI=1S/C17H20N4O2S/c1-13(19-24(22,23)17-12-20(3)18-14(17)2)15-6-8-16(9-7-15)21-10-4-5-11-21/h4-13,19H,1-3H3/t13-/m1/s1. The fourth-order valence-electron chi connectivity index (χ4n) is 2.65. The molecule has 1 aromatic carbocycles. The first-order chi connectivity index (χ1) is 11.4. The van der Waals surface area contributed by atoms with E-state index in [0.29, 0.717) is 5.69 Å². The highest BCUT2D eigenvalue weighted by Crippen LogP contribution is 2.20. The number of sulfonamides is 1. The van der Waals surface area contributed by atoms with Gasteiger partial charge in [-0.3, -0.25) is 4.68 Å². The van der Waals surface area contributed by atoms with Gasteiger partial charge in [0.25, 0.3) is 0 Å².